The van der Waals surface area contributed by atoms with Gasteiger partial charge >= 0.3 is 0 Å². The van der Waals surface area contributed by atoms with E-state index in [0.29, 0.717) is 26.1 Å². The van der Waals surface area contributed by atoms with Crippen molar-refractivity contribution in [3.63, 3.8) is 0 Å². The van der Waals surface area contributed by atoms with E-state index < -0.39 is 0 Å². The van der Waals surface area contributed by atoms with Crippen molar-refractivity contribution in [2.24, 2.45) is 5.73 Å². The summed E-state index contributed by atoms with van der Waals surface area (Å²) in [4.78, 5) is 13.6. The highest BCUT2D eigenvalue weighted by Gasteiger charge is 2.10. The van der Waals surface area contributed by atoms with Crippen molar-refractivity contribution >= 4 is 5.91 Å². The van der Waals surface area contributed by atoms with Crippen LogP contribution in [0, 0.1) is 0 Å². The molecule has 100 valence electrons. The second-order valence-corrected chi connectivity index (χ2v) is 4.32. The van der Waals surface area contributed by atoms with E-state index in [1.807, 2.05) is 31.3 Å². The maximum absolute atomic E-state index is 11.9. The molecule has 1 amide bonds. The van der Waals surface area contributed by atoms with Crippen LogP contribution in [0.1, 0.15) is 24.0 Å². The molecule has 0 spiro atoms. The minimum absolute atomic E-state index is 0.138. The van der Waals surface area contributed by atoms with Gasteiger partial charge in [-0.25, -0.2) is 0 Å². The first-order chi connectivity index (χ1) is 8.69. The molecule has 0 aromatic heterocycles. The lowest BCUT2D eigenvalue weighted by Crippen LogP contribution is -2.26. The fourth-order valence-electron chi connectivity index (χ4n) is 1.81. The van der Waals surface area contributed by atoms with Crippen molar-refractivity contribution in [1.82, 2.24) is 4.90 Å². The topological polar surface area (TPSA) is 55.6 Å². The van der Waals surface area contributed by atoms with Gasteiger partial charge in [0.15, 0.2) is 0 Å². The highest BCUT2D eigenvalue weighted by Crippen LogP contribution is 2.11. The van der Waals surface area contributed by atoms with Gasteiger partial charge in [0.2, 0.25) is 5.91 Å². The molecule has 0 saturated heterocycles. The maximum Gasteiger partial charge on any atom is 0.222 e. The highest BCUT2D eigenvalue weighted by molar-refractivity contribution is 5.75. The molecular formula is C14H22N2O2. The van der Waals surface area contributed by atoms with Gasteiger partial charge in [0.05, 0.1) is 0 Å². The zero-order valence-corrected chi connectivity index (χ0v) is 11.2. The molecule has 0 fully saturated rings. The molecule has 0 heterocycles. The Balaban J connectivity index is 2.52. The largest absolute Gasteiger partial charge is 0.385 e. The van der Waals surface area contributed by atoms with E-state index in [9.17, 15) is 4.79 Å². The lowest BCUT2D eigenvalue weighted by Gasteiger charge is -2.19. The third-order valence-corrected chi connectivity index (χ3v) is 2.91. The molecular weight excluding hydrogens is 228 g/mol. The number of nitrogens with zero attached hydrogens (tertiary/aromatic N) is 1. The molecule has 0 aliphatic rings. The second kappa shape index (κ2) is 7.84. The van der Waals surface area contributed by atoms with Crippen molar-refractivity contribution in [2.75, 3.05) is 20.8 Å². The summed E-state index contributed by atoms with van der Waals surface area (Å²) >= 11 is 0. The Hall–Kier alpha value is -1.39. The third kappa shape index (κ3) is 4.47. The van der Waals surface area contributed by atoms with Gasteiger partial charge in [-0.1, -0.05) is 24.3 Å². The first kappa shape index (κ1) is 14.7. The van der Waals surface area contributed by atoms with Crippen LogP contribution in [-0.2, 0) is 22.6 Å². The van der Waals surface area contributed by atoms with Crippen LogP contribution in [0.2, 0.25) is 0 Å². The number of benzene rings is 1. The zero-order chi connectivity index (χ0) is 13.4. The molecule has 0 unspecified atom stereocenters. The average molecular weight is 250 g/mol. The molecule has 1 aromatic rings. The maximum atomic E-state index is 11.9. The molecule has 0 aliphatic heterocycles. The number of nitrogens with two attached hydrogens (primary N) is 1. The average Bonchev–Trinajstić information content (AvgIpc) is 2.39. The van der Waals surface area contributed by atoms with Gasteiger partial charge in [-0.3, -0.25) is 4.79 Å². The number of hydrogen-bond acceptors (Lipinski definition) is 3. The van der Waals surface area contributed by atoms with Crippen LogP contribution >= 0.6 is 0 Å². The Bertz CT molecular complexity index is 380. The van der Waals surface area contributed by atoms with E-state index in [1.165, 1.54) is 0 Å². The number of ether oxygens (including phenoxy) is 1. The van der Waals surface area contributed by atoms with Crippen molar-refractivity contribution in [3.8, 4) is 0 Å². The van der Waals surface area contributed by atoms with E-state index >= 15 is 0 Å². The molecule has 2 N–H and O–H groups in total. The van der Waals surface area contributed by atoms with Crippen molar-refractivity contribution < 1.29 is 9.53 Å². The number of rotatable bonds is 7. The third-order valence-electron chi connectivity index (χ3n) is 2.91. The lowest BCUT2D eigenvalue weighted by atomic mass is 10.1. The van der Waals surface area contributed by atoms with Gasteiger partial charge in [-0.2, -0.15) is 0 Å². The predicted molar refractivity (Wildman–Crippen MR) is 71.9 cm³/mol. The lowest BCUT2D eigenvalue weighted by molar-refractivity contribution is -0.130. The highest BCUT2D eigenvalue weighted by atomic mass is 16.5. The van der Waals surface area contributed by atoms with Crippen LogP contribution in [0.4, 0.5) is 0 Å². The van der Waals surface area contributed by atoms with Crippen LogP contribution in [0.3, 0.4) is 0 Å². The summed E-state index contributed by atoms with van der Waals surface area (Å²) < 4.78 is 4.94. The van der Waals surface area contributed by atoms with E-state index in [-0.39, 0.29) is 5.91 Å². The summed E-state index contributed by atoms with van der Waals surface area (Å²) in [5.74, 6) is 0.138. The number of amides is 1. The van der Waals surface area contributed by atoms with Crippen molar-refractivity contribution in [3.05, 3.63) is 35.4 Å². The summed E-state index contributed by atoms with van der Waals surface area (Å²) in [5, 5.41) is 0. The van der Waals surface area contributed by atoms with Crippen LogP contribution in [0.5, 0.6) is 0 Å². The summed E-state index contributed by atoms with van der Waals surface area (Å²) in [7, 11) is 3.47. The number of hydrogen-bond donors (Lipinski definition) is 1. The Labute approximate surface area is 109 Å². The molecule has 0 radical (unpaired) electrons. The second-order valence-electron chi connectivity index (χ2n) is 4.32. The van der Waals surface area contributed by atoms with Gasteiger partial charge in [-0.05, 0) is 17.5 Å². The predicted octanol–water partition coefficient (Wildman–Crippen LogP) is 1.53. The quantitative estimate of drug-likeness (QED) is 0.747. The standard InChI is InChI=1S/C14H22N2O2/c1-16(14(17)8-5-9-18-2)11-13-7-4-3-6-12(13)10-15/h3-4,6-7H,5,8-11,15H2,1-2H3. The first-order valence-electron chi connectivity index (χ1n) is 6.18. The molecule has 1 rings (SSSR count). The van der Waals surface area contributed by atoms with Crippen LogP contribution in [0.25, 0.3) is 0 Å². The van der Waals surface area contributed by atoms with Crippen molar-refractivity contribution in [2.45, 2.75) is 25.9 Å². The minimum atomic E-state index is 0.138. The van der Waals surface area contributed by atoms with Crippen LogP contribution in [0.15, 0.2) is 24.3 Å². The molecule has 4 nitrogen and oxygen atoms in total. The van der Waals surface area contributed by atoms with Gasteiger partial charge in [0, 0.05) is 40.3 Å². The molecule has 1 aromatic carbocycles. The normalized spacial score (nSPS) is 10.4. The smallest absolute Gasteiger partial charge is 0.222 e. The van der Waals surface area contributed by atoms with Gasteiger partial charge < -0.3 is 15.4 Å². The number of methoxy groups -OCH3 is 1. The molecule has 0 saturated carbocycles. The van der Waals surface area contributed by atoms with E-state index in [0.717, 1.165) is 17.5 Å². The fourth-order valence-corrected chi connectivity index (χ4v) is 1.81. The minimum Gasteiger partial charge on any atom is -0.385 e. The van der Waals surface area contributed by atoms with Gasteiger partial charge in [0.1, 0.15) is 0 Å². The molecule has 0 atom stereocenters. The summed E-state index contributed by atoms with van der Waals surface area (Å²) in [5.41, 5.74) is 7.89. The van der Waals surface area contributed by atoms with E-state index in [1.54, 1.807) is 12.0 Å². The Morgan fingerprint density at radius 2 is 2.00 bits per heavy atom. The van der Waals surface area contributed by atoms with Crippen molar-refractivity contribution in [1.29, 1.82) is 0 Å². The first-order valence-corrected chi connectivity index (χ1v) is 6.18. The summed E-state index contributed by atoms with van der Waals surface area (Å²) in [6.07, 6.45) is 1.29. The fraction of sp³-hybridized carbons (Fsp3) is 0.500. The summed E-state index contributed by atoms with van der Waals surface area (Å²) in [6, 6.07) is 7.95. The Kier molecular flexibility index (Phi) is 6.39. The molecule has 4 heteroatoms. The zero-order valence-electron chi connectivity index (χ0n) is 11.2. The Morgan fingerprint density at radius 3 is 2.61 bits per heavy atom. The molecule has 0 bridgehead atoms. The van der Waals surface area contributed by atoms with Crippen LogP contribution in [-0.4, -0.2) is 31.6 Å². The van der Waals surface area contributed by atoms with Crippen LogP contribution < -0.4 is 5.73 Å². The van der Waals surface area contributed by atoms with Gasteiger partial charge in [0.25, 0.3) is 0 Å². The molecule has 0 aliphatic carbocycles. The van der Waals surface area contributed by atoms with Gasteiger partial charge in [-0.15, -0.1) is 0 Å². The number of carbonyl (C=O) groups excluding carboxylic acids is 1. The van der Waals surface area contributed by atoms with E-state index in [2.05, 4.69) is 0 Å². The molecule has 18 heavy (non-hydrogen) atoms. The Morgan fingerprint density at radius 1 is 1.33 bits per heavy atom. The monoisotopic (exact) mass is 250 g/mol. The SMILES string of the molecule is COCCCC(=O)N(C)Cc1ccccc1CN. The summed E-state index contributed by atoms with van der Waals surface area (Å²) in [6.45, 7) is 1.74. The van der Waals surface area contributed by atoms with E-state index in [4.69, 9.17) is 10.5 Å². The number of carbonyl (C=O) groups is 1.